The van der Waals surface area contributed by atoms with Gasteiger partial charge in [0.15, 0.2) is 0 Å². The van der Waals surface area contributed by atoms with E-state index in [4.69, 9.17) is 4.98 Å². The van der Waals surface area contributed by atoms with Gasteiger partial charge in [0, 0.05) is 29.7 Å². The quantitative estimate of drug-likeness (QED) is 0.341. The Balaban J connectivity index is 1.80. The van der Waals surface area contributed by atoms with Crippen LogP contribution in [0.3, 0.4) is 0 Å². The van der Waals surface area contributed by atoms with E-state index in [0.29, 0.717) is 6.04 Å². The van der Waals surface area contributed by atoms with Gasteiger partial charge in [-0.3, -0.25) is 9.88 Å². The SMILES string of the molecule is CCCC(c1cnc(-c2cccc(O)c2)c2ccccc12)N(CC)Cc1ccccc1. The Morgan fingerprint density at radius 3 is 2.32 bits per heavy atom. The van der Waals surface area contributed by atoms with Crippen molar-refractivity contribution in [3.05, 3.63) is 96.2 Å². The summed E-state index contributed by atoms with van der Waals surface area (Å²) in [4.78, 5) is 7.46. The maximum atomic E-state index is 9.97. The second-order valence-electron chi connectivity index (χ2n) is 8.01. The van der Waals surface area contributed by atoms with Gasteiger partial charge in [-0.25, -0.2) is 0 Å². The Bertz CT molecular complexity index is 1140. The van der Waals surface area contributed by atoms with Crippen LogP contribution in [0.4, 0.5) is 0 Å². The van der Waals surface area contributed by atoms with Crippen LogP contribution in [0.5, 0.6) is 5.75 Å². The fourth-order valence-electron chi connectivity index (χ4n) is 4.43. The minimum atomic E-state index is 0.260. The topological polar surface area (TPSA) is 36.4 Å². The summed E-state index contributed by atoms with van der Waals surface area (Å²) < 4.78 is 0. The molecule has 0 spiro atoms. The third kappa shape index (κ3) is 4.62. The molecule has 3 aromatic carbocycles. The summed E-state index contributed by atoms with van der Waals surface area (Å²) in [7, 11) is 0. The average Bonchev–Trinajstić information content (AvgIpc) is 2.81. The van der Waals surface area contributed by atoms with Crippen LogP contribution in [-0.4, -0.2) is 21.5 Å². The second-order valence-corrected chi connectivity index (χ2v) is 8.01. The fourth-order valence-corrected chi connectivity index (χ4v) is 4.43. The number of nitrogens with zero attached hydrogens (tertiary/aromatic N) is 2. The first-order chi connectivity index (χ1) is 15.2. The van der Waals surface area contributed by atoms with Crippen molar-refractivity contribution >= 4 is 10.8 Å². The van der Waals surface area contributed by atoms with Crippen LogP contribution in [0.15, 0.2) is 85.1 Å². The second kappa shape index (κ2) is 9.76. The largest absolute Gasteiger partial charge is 0.508 e. The number of phenols is 1. The molecule has 158 valence electrons. The molecule has 4 aromatic rings. The van der Waals surface area contributed by atoms with E-state index in [2.05, 4.69) is 79.5 Å². The van der Waals surface area contributed by atoms with Crippen molar-refractivity contribution < 1.29 is 5.11 Å². The molecule has 3 nitrogen and oxygen atoms in total. The standard InChI is InChI=1S/C28H30N2O/c1-3-11-27(30(4-2)20-21-12-6-5-7-13-21)26-19-29-28(22-14-10-15-23(31)18-22)25-17-9-8-16-24(25)26/h5-10,12-19,27,31H,3-4,11,20H2,1-2H3. The van der Waals surface area contributed by atoms with Crippen LogP contribution in [0, 0.1) is 0 Å². The van der Waals surface area contributed by atoms with Gasteiger partial charge in [0.1, 0.15) is 5.75 Å². The van der Waals surface area contributed by atoms with Crippen molar-refractivity contribution in [2.45, 2.75) is 39.3 Å². The molecule has 3 heteroatoms. The zero-order valence-corrected chi connectivity index (χ0v) is 18.3. The van der Waals surface area contributed by atoms with Crippen LogP contribution in [0.2, 0.25) is 0 Å². The molecular formula is C28H30N2O. The molecule has 1 aromatic heterocycles. The Morgan fingerprint density at radius 1 is 0.871 bits per heavy atom. The molecule has 1 heterocycles. The zero-order chi connectivity index (χ0) is 21.6. The highest BCUT2D eigenvalue weighted by Crippen LogP contribution is 2.36. The van der Waals surface area contributed by atoms with Crippen LogP contribution in [-0.2, 0) is 6.54 Å². The molecule has 0 radical (unpaired) electrons. The van der Waals surface area contributed by atoms with Gasteiger partial charge in [-0.2, -0.15) is 0 Å². The molecular weight excluding hydrogens is 380 g/mol. The summed E-state index contributed by atoms with van der Waals surface area (Å²) in [6.45, 7) is 6.38. The molecule has 0 fully saturated rings. The normalized spacial score (nSPS) is 12.4. The zero-order valence-electron chi connectivity index (χ0n) is 18.3. The number of hydrogen-bond acceptors (Lipinski definition) is 3. The van der Waals surface area contributed by atoms with Crippen molar-refractivity contribution in [3.63, 3.8) is 0 Å². The smallest absolute Gasteiger partial charge is 0.116 e. The summed E-state index contributed by atoms with van der Waals surface area (Å²) in [5, 5.41) is 12.3. The van der Waals surface area contributed by atoms with E-state index in [-0.39, 0.29) is 5.75 Å². The number of aromatic nitrogens is 1. The first-order valence-corrected chi connectivity index (χ1v) is 11.2. The van der Waals surface area contributed by atoms with Gasteiger partial charge in [-0.1, -0.05) is 87.0 Å². The number of rotatable bonds is 8. The van der Waals surface area contributed by atoms with Gasteiger partial charge in [0.05, 0.1) is 5.69 Å². The molecule has 1 unspecified atom stereocenters. The van der Waals surface area contributed by atoms with Gasteiger partial charge in [0.25, 0.3) is 0 Å². The summed E-state index contributed by atoms with van der Waals surface area (Å²) in [5.41, 5.74) is 4.46. The van der Waals surface area contributed by atoms with Crippen molar-refractivity contribution in [1.82, 2.24) is 9.88 Å². The van der Waals surface area contributed by atoms with Gasteiger partial charge in [-0.15, -0.1) is 0 Å². The summed E-state index contributed by atoms with van der Waals surface area (Å²) >= 11 is 0. The highest BCUT2D eigenvalue weighted by atomic mass is 16.3. The number of hydrogen-bond donors (Lipinski definition) is 1. The van der Waals surface area contributed by atoms with E-state index >= 15 is 0 Å². The van der Waals surface area contributed by atoms with Gasteiger partial charge >= 0.3 is 0 Å². The lowest BCUT2D eigenvalue weighted by Crippen LogP contribution is -2.28. The predicted octanol–water partition coefficient (Wildman–Crippen LogP) is 6.97. The van der Waals surface area contributed by atoms with Gasteiger partial charge in [0.2, 0.25) is 0 Å². The van der Waals surface area contributed by atoms with Crippen LogP contribution in [0.1, 0.15) is 43.9 Å². The molecule has 4 rings (SSSR count). The highest BCUT2D eigenvalue weighted by molar-refractivity contribution is 5.96. The van der Waals surface area contributed by atoms with E-state index in [0.717, 1.165) is 42.6 Å². The Kier molecular flexibility index (Phi) is 6.63. The molecule has 31 heavy (non-hydrogen) atoms. The molecule has 0 aliphatic heterocycles. The Labute approximate surface area is 185 Å². The first-order valence-electron chi connectivity index (χ1n) is 11.2. The minimum absolute atomic E-state index is 0.260. The fraction of sp³-hybridized carbons (Fsp3) is 0.250. The van der Waals surface area contributed by atoms with Crippen molar-refractivity contribution in [2.24, 2.45) is 0 Å². The summed E-state index contributed by atoms with van der Waals surface area (Å²) in [5.74, 6) is 0.260. The van der Waals surface area contributed by atoms with Crippen LogP contribution >= 0.6 is 0 Å². The lowest BCUT2D eigenvalue weighted by atomic mass is 9.94. The molecule has 1 N–H and O–H groups in total. The van der Waals surface area contributed by atoms with Gasteiger partial charge < -0.3 is 5.11 Å². The van der Waals surface area contributed by atoms with E-state index < -0.39 is 0 Å². The van der Waals surface area contributed by atoms with Crippen LogP contribution in [0.25, 0.3) is 22.0 Å². The molecule has 0 aliphatic rings. The lowest BCUT2D eigenvalue weighted by Gasteiger charge is -2.32. The Hall–Kier alpha value is -3.17. The highest BCUT2D eigenvalue weighted by Gasteiger charge is 2.22. The number of phenolic OH excluding ortho intramolecular Hbond substituents is 1. The maximum Gasteiger partial charge on any atom is 0.116 e. The van der Waals surface area contributed by atoms with E-state index in [1.165, 1.54) is 16.5 Å². The molecule has 0 amide bonds. The number of benzene rings is 3. The van der Waals surface area contributed by atoms with Crippen molar-refractivity contribution in [2.75, 3.05) is 6.54 Å². The van der Waals surface area contributed by atoms with E-state index in [9.17, 15) is 5.11 Å². The average molecular weight is 411 g/mol. The number of fused-ring (bicyclic) bond motifs is 1. The maximum absolute atomic E-state index is 9.97. The molecule has 1 atom stereocenters. The first kappa shape index (κ1) is 21.1. The predicted molar refractivity (Wildman–Crippen MR) is 129 cm³/mol. The number of pyridine rings is 1. The molecule has 0 saturated heterocycles. The van der Waals surface area contributed by atoms with Crippen molar-refractivity contribution in [3.8, 4) is 17.0 Å². The van der Waals surface area contributed by atoms with Gasteiger partial charge in [-0.05, 0) is 41.6 Å². The molecule has 0 bridgehead atoms. The molecule has 0 saturated carbocycles. The molecule has 0 aliphatic carbocycles. The van der Waals surface area contributed by atoms with Crippen LogP contribution < -0.4 is 0 Å². The third-order valence-electron chi connectivity index (χ3n) is 5.94. The van der Waals surface area contributed by atoms with Crippen molar-refractivity contribution in [1.29, 1.82) is 0 Å². The summed E-state index contributed by atoms with van der Waals surface area (Å²) in [6.07, 6.45) is 4.24. The number of aromatic hydroxyl groups is 1. The third-order valence-corrected chi connectivity index (χ3v) is 5.94. The lowest BCUT2D eigenvalue weighted by molar-refractivity contribution is 0.188. The monoisotopic (exact) mass is 410 g/mol. The van der Waals surface area contributed by atoms with E-state index in [1.807, 2.05) is 12.1 Å². The Morgan fingerprint density at radius 2 is 1.61 bits per heavy atom. The van der Waals surface area contributed by atoms with E-state index in [1.54, 1.807) is 12.1 Å². The minimum Gasteiger partial charge on any atom is -0.508 e. The summed E-state index contributed by atoms with van der Waals surface area (Å²) in [6, 6.07) is 26.9.